The maximum absolute atomic E-state index is 12.6. The molecule has 3 heterocycles. The summed E-state index contributed by atoms with van der Waals surface area (Å²) in [6.07, 6.45) is 5.69. The Morgan fingerprint density at radius 3 is 2.96 bits per heavy atom. The number of nitrogens with one attached hydrogen (secondary N) is 3. The fourth-order valence-electron chi connectivity index (χ4n) is 4.36. The molecule has 3 N–H and O–H groups in total. The van der Waals surface area contributed by atoms with Gasteiger partial charge >= 0.3 is 5.69 Å². The first-order chi connectivity index (χ1) is 13.3. The fourth-order valence-corrected chi connectivity index (χ4v) is 4.36. The monoisotopic (exact) mass is 364 g/mol. The van der Waals surface area contributed by atoms with Crippen LogP contribution in [-0.4, -0.2) is 39.2 Å². The van der Waals surface area contributed by atoms with Crippen LogP contribution < -0.4 is 16.3 Å². The van der Waals surface area contributed by atoms with E-state index in [0.717, 1.165) is 38.9 Å². The average Bonchev–Trinajstić information content (AvgIpc) is 3.32. The van der Waals surface area contributed by atoms with Gasteiger partial charge in [0.25, 0.3) is 0 Å². The van der Waals surface area contributed by atoms with Crippen LogP contribution in [0.1, 0.15) is 30.0 Å². The van der Waals surface area contributed by atoms with E-state index >= 15 is 0 Å². The number of fused-ring (bicyclic) bond motifs is 2. The maximum atomic E-state index is 12.6. The van der Waals surface area contributed by atoms with Crippen molar-refractivity contribution in [3.05, 3.63) is 52.1 Å². The zero-order chi connectivity index (χ0) is 18.2. The first-order valence-electron chi connectivity index (χ1n) is 9.76. The molecule has 0 bridgehead atoms. The SMILES string of the molecule is O=c1[nH]c2cnc(NC[C@@H]3CCNC3)nc2n1[C@@H]1CCc2ccccc2C1. The Morgan fingerprint density at radius 1 is 1.22 bits per heavy atom. The smallest absolute Gasteiger partial charge is 0.327 e. The van der Waals surface area contributed by atoms with Crippen LogP contribution in [0, 0.1) is 5.92 Å². The molecule has 3 aromatic rings. The Bertz CT molecular complexity index is 1020. The Balaban J connectivity index is 1.44. The number of hydrogen-bond donors (Lipinski definition) is 3. The van der Waals surface area contributed by atoms with E-state index in [1.165, 1.54) is 17.5 Å². The molecule has 0 radical (unpaired) electrons. The van der Waals surface area contributed by atoms with Gasteiger partial charge in [0, 0.05) is 12.6 Å². The van der Waals surface area contributed by atoms with Crippen molar-refractivity contribution in [2.24, 2.45) is 5.92 Å². The minimum Gasteiger partial charge on any atom is -0.354 e. The van der Waals surface area contributed by atoms with Crippen molar-refractivity contribution in [2.75, 3.05) is 25.0 Å². The van der Waals surface area contributed by atoms with Gasteiger partial charge in [-0.05, 0) is 55.8 Å². The Kier molecular flexibility index (Phi) is 4.16. The summed E-state index contributed by atoms with van der Waals surface area (Å²) in [7, 11) is 0. The molecule has 2 aromatic heterocycles. The number of aromatic amines is 1. The van der Waals surface area contributed by atoms with Crippen molar-refractivity contribution >= 4 is 17.1 Å². The predicted molar refractivity (Wildman–Crippen MR) is 105 cm³/mol. The van der Waals surface area contributed by atoms with Gasteiger partial charge in [0.05, 0.1) is 6.20 Å². The van der Waals surface area contributed by atoms with E-state index in [1.807, 2.05) is 4.57 Å². The van der Waals surface area contributed by atoms with Gasteiger partial charge in [0.1, 0.15) is 5.52 Å². The molecular weight excluding hydrogens is 340 g/mol. The van der Waals surface area contributed by atoms with Crippen LogP contribution in [0.2, 0.25) is 0 Å². The lowest BCUT2D eigenvalue weighted by Crippen LogP contribution is -2.27. The lowest BCUT2D eigenvalue weighted by Gasteiger charge is -2.25. The Morgan fingerprint density at radius 2 is 2.11 bits per heavy atom. The van der Waals surface area contributed by atoms with Gasteiger partial charge in [-0.15, -0.1) is 0 Å². The second kappa shape index (κ2) is 6.81. The van der Waals surface area contributed by atoms with Crippen LogP contribution in [0.4, 0.5) is 5.95 Å². The summed E-state index contributed by atoms with van der Waals surface area (Å²) in [5.41, 5.74) is 4.03. The highest BCUT2D eigenvalue weighted by atomic mass is 16.1. The van der Waals surface area contributed by atoms with Crippen LogP contribution in [-0.2, 0) is 12.8 Å². The predicted octanol–water partition coefficient (Wildman–Crippen LogP) is 1.87. The fraction of sp³-hybridized carbons (Fsp3) is 0.450. The largest absolute Gasteiger partial charge is 0.354 e. The molecule has 1 aliphatic heterocycles. The van der Waals surface area contributed by atoms with E-state index in [0.29, 0.717) is 23.0 Å². The van der Waals surface area contributed by atoms with E-state index in [4.69, 9.17) is 0 Å². The van der Waals surface area contributed by atoms with Gasteiger partial charge in [-0.1, -0.05) is 24.3 Å². The molecule has 5 rings (SSSR count). The Hall–Kier alpha value is -2.67. The lowest BCUT2D eigenvalue weighted by molar-refractivity contribution is 0.440. The molecule has 1 saturated heterocycles. The molecule has 0 spiro atoms. The number of benzene rings is 1. The summed E-state index contributed by atoms with van der Waals surface area (Å²) in [6, 6.07) is 8.64. The molecule has 1 aliphatic carbocycles. The van der Waals surface area contributed by atoms with Gasteiger partial charge in [-0.2, -0.15) is 4.98 Å². The van der Waals surface area contributed by atoms with Crippen molar-refractivity contribution < 1.29 is 0 Å². The molecule has 0 saturated carbocycles. The van der Waals surface area contributed by atoms with Gasteiger partial charge in [-0.3, -0.25) is 4.57 Å². The highest BCUT2D eigenvalue weighted by molar-refractivity contribution is 5.71. The van der Waals surface area contributed by atoms with E-state index < -0.39 is 0 Å². The lowest BCUT2D eigenvalue weighted by atomic mass is 9.88. The molecule has 0 amide bonds. The highest BCUT2D eigenvalue weighted by Gasteiger charge is 2.24. The van der Waals surface area contributed by atoms with Crippen molar-refractivity contribution in [1.29, 1.82) is 0 Å². The van der Waals surface area contributed by atoms with E-state index in [-0.39, 0.29) is 11.7 Å². The van der Waals surface area contributed by atoms with Gasteiger partial charge in [0.2, 0.25) is 5.95 Å². The number of H-pyrrole nitrogens is 1. The molecular formula is C20H24N6O. The molecule has 2 aliphatic rings. The summed E-state index contributed by atoms with van der Waals surface area (Å²) in [5.74, 6) is 1.20. The molecule has 0 unspecified atom stereocenters. The number of hydrogen-bond acceptors (Lipinski definition) is 5. The zero-order valence-corrected chi connectivity index (χ0v) is 15.2. The van der Waals surface area contributed by atoms with Gasteiger partial charge in [0.15, 0.2) is 5.65 Å². The van der Waals surface area contributed by atoms with Gasteiger partial charge in [-0.25, -0.2) is 9.78 Å². The second-order valence-electron chi connectivity index (χ2n) is 7.64. The third-order valence-corrected chi connectivity index (χ3v) is 5.85. The van der Waals surface area contributed by atoms with Crippen LogP contribution in [0.25, 0.3) is 11.2 Å². The van der Waals surface area contributed by atoms with Crippen LogP contribution >= 0.6 is 0 Å². The number of nitrogens with zero attached hydrogens (tertiary/aromatic N) is 3. The third-order valence-electron chi connectivity index (χ3n) is 5.85. The zero-order valence-electron chi connectivity index (χ0n) is 15.2. The standard InChI is InChI=1S/C20H24N6O/c27-20-24-17-12-23-19(22-11-13-7-8-21-10-13)25-18(17)26(20)16-6-5-14-3-1-2-4-15(14)9-16/h1-4,12-13,16,21H,5-11H2,(H,24,27)(H,22,23,25)/t13-,16-/m1/s1. The summed E-state index contributed by atoms with van der Waals surface area (Å²) >= 11 is 0. The minimum atomic E-state index is -0.0965. The first-order valence-corrected chi connectivity index (χ1v) is 9.76. The highest BCUT2D eigenvalue weighted by Crippen LogP contribution is 2.29. The maximum Gasteiger partial charge on any atom is 0.327 e. The van der Waals surface area contributed by atoms with Crippen molar-refractivity contribution in [3.8, 4) is 0 Å². The van der Waals surface area contributed by atoms with E-state index in [2.05, 4.69) is 49.9 Å². The van der Waals surface area contributed by atoms with Crippen molar-refractivity contribution in [1.82, 2.24) is 24.8 Å². The van der Waals surface area contributed by atoms with Crippen molar-refractivity contribution in [3.63, 3.8) is 0 Å². The summed E-state index contributed by atoms with van der Waals surface area (Å²) in [5, 5.41) is 6.71. The molecule has 27 heavy (non-hydrogen) atoms. The number of anilines is 1. The minimum absolute atomic E-state index is 0.0965. The molecule has 7 heteroatoms. The van der Waals surface area contributed by atoms with Crippen LogP contribution in [0.3, 0.4) is 0 Å². The third kappa shape index (κ3) is 3.12. The topological polar surface area (TPSA) is 87.6 Å². The normalized spacial score (nSPS) is 22.1. The van der Waals surface area contributed by atoms with E-state index in [1.54, 1.807) is 6.20 Å². The number of rotatable bonds is 4. The van der Waals surface area contributed by atoms with Crippen LogP contribution in [0.5, 0.6) is 0 Å². The molecule has 7 nitrogen and oxygen atoms in total. The van der Waals surface area contributed by atoms with Gasteiger partial charge < -0.3 is 15.6 Å². The second-order valence-corrected chi connectivity index (χ2v) is 7.64. The molecule has 2 atom stereocenters. The quantitative estimate of drug-likeness (QED) is 0.658. The first kappa shape index (κ1) is 16.5. The number of aromatic nitrogens is 4. The Labute approximate surface area is 157 Å². The average molecular weight is 364 g/mol. The number of aryl methyl sites for hydroxylation is 1. The number of imidazole rings is 1. The van der Waals surface area contributed by atoms with Crippen LogP contribution in [0.15, 0.2) is 35.3 Å². The van der Waals surface area contributed by atoms with E-state index in [9.17, 15) is 4.79 Å². The van der Waals surface area contributed by atoms with Crippen molar-refractivity contribution in [2.45, 2.75) is 31.7 Å². The molecule has 140 valence electrons. The molecule has 1 aromatic carbocycles. The summed E-state index contributed by atoms with van der Waals surface area (Å²) in [6.45, 7) is 2.96. The summed E-state index contributed by atoms with van der Waals surface area (Å²) in [4.78, 5) is 24.6. The molecule has 1 fully saturated rings. The summed E-state index contributed by atoms with van der Waals surface area (Å²) < 4.78 is 1.83.